The van der Waals surface area contributed by atoms with Gasteiger partial charge in [0.05, 0.1) is 44.7 Å². The number of fused-ring (bicyclic) bond motifs is 6. The van der Waals surface area contributed by atoms with Crippen molar-refractivity contribution in [2.45, 2.75) is 103 Å². The van der Waals surface area contributed by atoms with E-state index in [9.17, 15) is 4.79 Å². The molecule has 0 N–H and O–H groups in total. The summed E-state index contributed by atoms with van der Waals surface area (Å²) in [6.45, 7) is 15.4. The Morgan fingerprint density at radius 1 is 0.951 bits per heavy atom. The van der Waals surface area contributed by atoms with Gasteiger partial charge in [0.15, 0.2) is 5.78 Å². The Hall–Kier alpha value is -0.790. The Bertz CT molecular complexity index is 968. The molecule has 41 heavy (non-hydrogen) atoms. The Labute approximate surface area is 249 Å². The summed E-state index contributed by atoms with van der Waals surface area (Å²) in [5.41, 5.74) is 1.78. The summed E-state index contributed by atoms with van der Waals surface area (Å²) in [6, 6.07) is 0.506. The zero-order valence-electron chi connectivity index (χ0n) is 26.6. The molecule has 4 aliphatic carbocycles. The summed E-state index contributed by atoms with van der Waals surface area (Å²) in [5.74, 6) is 5.53. The van der Waals surface area contributed by atoms with Gasteiger partial charge < -0.3 is 18.9 Å². The third kappa shape index (κ3) is 5.63. The molecule has 6 heteroatoms. The average Bonchev–Trinajstić information content (AvgIpc) is 3.40. The van der Waals surface area contributed by atoms with Gasteiger partial charge in [-0.05, 0) is 98.4 Å². The lowest BCUT2D eigenvalue weighted by molar-refractivity contribution is -0.116. The van der Waals surface area contributed by atoms with Crippen molar-refractivity contribution in [3.05, 3.63) is 11.6 Å². The number of carbonyl (C=O) groups is 1. The Kier molecular flexibility index (Phi) is 9.08. The molecule has 5 fully saturated rings. The number of carbonyl (C=O) groups excluding carboxylic acids is 1. The topological polar surface area (TPSA) is 57.2 Å². The summed E-state index contributed by atoms with van der Waals surface area (Å²) in [7, 11) is 1.70. The number of ether oxygens (including phenoxy) is 4. The van der Waals surface area contributed by atoms with Gasteiger partial charge in [-0.15, -0.1) is 0 Å². The van der Waals surface area contributed by atoms with E-state index in [4.69, 9.17) is 18.9 Å². The van der Waals surface area contributed by atoms with Crippen LogP contribution in [0.2, 0.25) is 0 Å². The second kappa shape index (κ2) is 12.3. The molecule has 11 atom stereocenters. The number of nitrogens with zero attached hydrogens (tertiary/aromatic N) is 1. The minimum absolute atomic E-state index is 0.0217. The number of piperidine rings is 1. The number of methoxy groups -OCH3 is 1. The Balaban J connectivity index is 1.10. The second-order valence-corrected chi connectivity index (χ2v) is 15.2. The van der Waals surface area contributed by atoms with Crippen LogP contribution in [0.15, 0.2) is 11.6 Å². The molecular weight excluding hydrogens is 514 g/mol. The maximum atomic E-state index is 12.2. The van der Waals surface area contributed by atoms with E-state index in [1.807, 2.05) is 0 Å². The normalized spacial score (nSPS) is 46.0. The SMILES string of the molecule is COCCOCCOCCN1C[C@@H](C)C[C@H]2O[C@]3(CC[C@@H]4C(C[C@H]5[C@H]4CCC4=CC(=O)CC[C@@]45C)C(C)C3)[C@H](C)[C@@H]21. The van der Waals surface area contributed by atoms with Crippen LogP contribution in [0.5, 0.6) is 0 Å². The minimum atomic E-state index is 0.0217. The number of rotatable bonds is 9. The molecule has 0 aromatic carbocycles. The molecular formula is C35H57NO5. The van der Waals surface area contributed by atoms with Crippen LogP contribution in [0, 0.1) is 46.8 Å². The zero-order chi connectivity index (χ0) is 28.8. The van der Waals surface area contributed by atoms with Gasteiger partial charge in [0.2, 0.25) is 0 Å². The number of hydrogen-bond donors (Lipinski definition) is 0. The zero-order valence-corrected chi connectivity index (χ0v) is 26.6. The van der Waals surface area contributed by atoms with Gasteiger partial charge >= 0.3 is 0 Å². The highest BCUT2D eigenvalue weighted by molar-refractivity contribution is 5.91. The molecule has 2 aliphatic heterocycles. The van der Waals surface area contributed by atoms with Gasteiger partial charge in [-0.25, -0.2) is 0 Å². The Morgan fingerprint density at radius 2 is 1.73 bits per heavy atom. The molecule has 0 bridgehead atoms. The first-order valence-corrected chi connectivity index (χ1v) is 17.1. The molecule has 0 radical (unpaired) electrons. The number of ketones is 1. The summed E-state index contributed by atoms with van der Waals surface area (Å²) < 4.78 is 23.9. The van der Waals surface area contributed by atoms with Crippen LogP contribution in [0.3, 0.4) is 0 Å². The number of hydrogen-bond acceptors (Lipinski definition) is 6. The molecule has 3 saturated carbocycles. The molecule has 0 amide bonds. The largest absolute Gasteiger partial charge is 0.382 e. The molecule has 2 unspecified atom stereocenters. The fraction of sp³-hybridized carbons (Fsp3) is 0.914. The molecule has 232 valence electrons. The third-order valence-corrected chi connectivity index (χ3v) is 13.0. The molecule has 0 aromatic heterocycles. The summed E-state index contributed by atoms with van der Waals surface area (Å²) in [6.07, 6.45) is 13.0. The summed E-state index contributed by atoms with van der Waals surface area (Å²) in [4.78, 5) is 15.0. The summed E-state index contributed by atoms with van der Waals surface area (Å²) >= 11 is 0. The van der Waals surface area contributed by atoms with Gasteiger partial charge in [0.25, 0.3) is 0 Å². The van der Waals surface area contributed by atoms with Crippen molar-refractivity contribution < 1.29 is 23.7 Å². The predicted molar refractivity (Wildman–Crippen MR) is 161 cm³/mol. The monoisotopic (exact) mass is 571 g/mol. The third-order valence-electron chi connectivity index (χ3n) is 13.0. The van der Waals surface area contributed by atoms with Crippen molar-refractivity contribution in [1.29, 1.82) is 0 Å². The fourth-order valence-electron chi connectivity index (χ4n) is 11.0. The van der Waals surface area contributed by atoms with Crippen molar-refractivity contribution in [3.8, 4) is 0 Å². The van der Waals surface area contributed by atoms with E-state index in [2.05, 4.69) is 38.7 Å². The smallest absolute Gasteiger partial charge is 0.155 e. The number of likely N-dealkylation sites (tertiary alicyclic amines) is 1. The van der Waals surface area contributed by atoms with E-state index in [-0.39, 0.29) is 11.0 Å². The molecule has 6 aliphatic rings. The van der Waals surface area contributed by atoms with Crippen LogP contribution in [-0.2, 0) is 23.7 Å². The molecule has 6 rings (SSSR count). The van der Waals surface area contributed by atoms with E-state index >= 15 is 0 Å². The first kappa shape index (κ1) is 30.2. The van der Waals surface area contributed by atoms with E-state index in [0.29, 0.717) is 62.1 Å². The lowest BCUT2D eigenvalue weighted by Crippen LogP contribution is -2.52. The van der Waals surface area contributed by atoms with Crippen LogP contribution in [0.4, 0.5) is 0 Å². The Morgan fingerprint density at radius 3 is 2.54 bits per heavy atom. The number of allylic oxidation sites excluding steroid dienone is 2. The molecule has 0 aromatic rings. The minimum Gasteiger partial charge on any atom is -0.382 e. The average molecular weight is 572 g/mol. The fourth-order valence-corrected chi connectivity index (χ4v) is 11.0. The van der Waals surface area contributed by atoms with Crippen molar-refractivity contribution >= 4 is 5.78 Å². The standard InChI is InChI=1S/C35H57NO5/c1-23-18-32-33(36(22-23)12-13-39-16-17-40-15-14-38-5)25(3)35(41-32)11-9-28-29-7-6-26-19-27(37)8-10-34(26,4)31(29)20-30(28)24(2)21-35/h19,23-25,28-33H,6-18,20-22H2,1-5H3/t23-,24?,25+,28-,29-,30?,31-,32+,33-,34-,35-/m0/s1. The van der Waals surface area contributed by atoms with Gasteiger partial charge in [-0.2, -0.15) is 0 Å². The summed E-state index contributed by atoms with van der Waals surface area (Å²) in [5, 5.41) is 0. The highest BCUT2D eigenvalue weighted by Crippen LogP contribution is 2.65. The van der Waals surface area contributed by atoms with Crippen LogP contribution in [-0.4, -0.2) is 81.7 Å². The maximum Gasteiger partial charge on any atom is 0.155 e. The lowest BCUT2D eigenvalue weighted by atomic mass is 9.56. The van der Waals surface area contributed by atoms with Gasteiger partial charge in [-0.3, -0.25) is 9.69 Å². The quantitative estimate of drug-likeness (QED) is 0.320. The van der Waals surface area contributed by atoms with Crippen molar-refractivity contribution in [2.24, 2.45) is 46.8 Å². The maximum absolute atomic E-state index is 12.2. The highest BCUT2D eigenvalue weighted by atomic mass is 16.5. The van der Waals surface area contributed by atoms with Crippen LogP contribution in [0.25, 0.3) is 0 Å². The van der Waals surface area contributed by atoms with Crippen LogP contribution >= 0.6 is 0 Å². The first-order chi connectivity index (χ1) is 19.8. The molecule has 1 spiro atoms. The van der Waals surface area contributed by atoms with Crippen LogP contribution in [0.1, 0.15) is 85.5 Å². The van der Waals surface area contributed by atoms with E-state index in [1.165, 1.54) is 44.1 Å². The first-order valence-electron chi connectivity index (χ1n) is 17.1. The van der Waals surface area contributed by atoms with E-state index in [1.54, 1.807) is 7.11 Å². The van der Waals surface area contributed by atoms with E-state index < -0.39 is 0 Å². The van der Waals surface area contributed by atoms with Crippen molar-refractivity contribution in [2.75, 3.05) is 53.2 Å². The second-order valence-electron chi connectivity index (χ2n) is 15.2. The molecule has 2 saturated heterocycles. The lowest BCUT2D eigenvalue weighted by Gasteiger charge is -2.48. The molecule has 6 nitrogen and oxygen atoms in total. The van der Waals surface area contributed by atoms with Gasteiger partial charge in [0, 0.05) is 38.6 Å². The van der Waals surface area contributed by atoms with Gasteiger partial charge in [0.1, 0.15) is 0 Å². The van der Waals surface area contributed by atoms with Crippen molar-refractivity contribution in [1.82, 2.24) is 4.90 Å². The van der Waals surface area contributed by atoms with E-state index in [0.717, 1.165) is 62.6 Å². The highest BCUT2D eigenvalue weighted by Gasteiger charge is 2.61. The van der Waals surface area contributed by atoms with Gasteiger partial charge in [-0.1, -0.05) is 33.3 Å². The van der Waals surface area contributed by atoms with Crippen molar-refractivity contribution in [3.63, 3.8) is 0 Å². The van der Waals surface area contributed by atoms with Crippen LogP contribution < -0.4 is 0 Å². The predicted octanol–water partition coefficient (Wildman–Crippen LogP) is 5.93. The molecule has 2 heterocycles.